The summed E-state index contributed by atoms with van der Waals surface area (Å²) in [5.74, 6) is -1.08. The second-order valence-corrected chi connectivity index (χ2v) is 6.00. The van der Waals surface area contributed by atoms with E-state index in [1.54, 1.807) is 12.1 Å². The van der Waals surface area contributed by atoms with Gasteiger partial charge in [-0.25, -0.2) is 4.39 Å². The van der Waals surface area contributed by atoms with Gasteiger partial charge in [-0.3, -0.25) is 4.79 Å². The molecule has 0 radical (unpaired) electrons. The van der Waals surface area contributed by atoms with Gasteiger partial charge in [-0.1, -0.05) is 29.3 Å². The zero-order chi connectivity index (χ0) is 15.9. The van der Waals surface area contributed by atoms with E-state index in [0.29, 0.717) is 29.0 Å². The van der Waals surface area contributed by atoms with Crippen molar-refractivity contribution < 1.29 is 14.3 Å². The van der Waals surface area contributed by atoms with Crippen molar-refractivity contribution in [3.8, 4) is 5.75 Å². The Morgan fingerprint density at radius 2 is 2.09 bits per heavy atom. The highest BCUT2D eigenvalue weighted by Crippen LogP contribution is 2.36. The molecule has 2 N–H and O–H groups in total. The predicted molar refractivity (Wildman–Crippen MR) is 83.1 cm³/mol. The van der Waals surface area contributed by atoms with Crippen LogP contribution in [0.4, 0.5) is 4.39 Å². The predicted octanol–water partition coefficient (Wildman–Crippen LogP) is 4.26. The Bertz CT molecular complexity index is 764. The molecule has 0 fully saturated rings. The standard InChI is InChI=1S/C16H12Cl2FNO2/c17-8-6-11-9(13(19)7-8)4-5-14(11)20-16(22)10-2-1-3-12(18)15(10)21/h1-3,6-7,14,21H,4-5H2,(H,20,22)/t14-/m1/s1. The Morgan fingerprint density at radius 1 is 1.32 bits per heavy atom. The minimum absolute atomic E-state index is 0.0865. The Balaban J connectivity index is 1.87. The number of amides is 1. The van der Waals surface area contributed by atoms with Gasteiger partial charge in [0.15, 0.2) is 0 Å². The molecule has 0 spiro atoms. The average molecular weight is 340 g/mol. The number of rotatable bonds is 2. The van der Waals surface area contributed by atoms with Crippen LogP contribution in [-0.4, -0.2) is 11.0 Å². The summed E-state index contributed by atoms with van der Waals surface area (Å²) in [4.78, 5) is 12.3. The minimum atomic E-state index is -0.460. The van der Waals surface area contributed by atoms with Crippen LogP contribution in [0.15, 0.2) is 30.3 Å². The molecule has 22 heavy (non-hydrogen) atoms. The molecule has 0 saturated carbocycles. The number of phenols is 1. The topological polar surface area (TPSA) is 49.3 Å². The molecule has 2 aromatic carbocycles. The number of halogens is 3. The number of hydrogen-bond acceptors (Lipinski definition) is 2. The van der Waals surface area contributed by atoms with Crippen molar-refractivity contribution in [1.29, 1.82) is 0 Å². The highest BCUT2D eigenvalue weighted by atomic mass is 35.5. The molecule has 0 aliphatic heterocycles. The lowest BCUT2D eigenvalue weighted by molar-refractivity contribution is 0.0934. The van der Waals surface area contributed by atoms with Gasteiger partial charge in [0.1, 0.15) is 11.6 Å². The maximum absolute atomic E-state index is 13.8. The first-order valence-corrected chi connectivity index (χ1v) is 7.49. The molecule has 0 bridgehead atoms. The van der Waals surface area contributed by atoms with Crippen LogP contribution in [0.5, 0.6) is 5.75 Å². The molecular formula is C16H12Cl2FNO2. The Morgan fingerprint density at radius 3 is 2.86 bits per heavy atom. The first kappa shape index (κ1) is 15.1. The van der Waals surface area contributed by atoms with Gasteiger partial charge in [-0.2, -0.15) is 0 Å². The second kappa shape index (κ2) is 5.78. The van der Waals surface area contributed by atoms with E-state index < -0.39 is 5.91 Å². The van der Waals surface area contributed by atoms with E-state index >= 15 is 0 Å². The number of para-hydroxylation sites is 1. The van der Waals surface area contributed by atoms with Gasteiger partial charge in [-0.15, -0.1) is 0 Å². The second-order valence-electron chi connectivity index (χ2n) is 5.16. The number of benzene rings is 2. The van der Waals surface area contributed by atoms with Crippen LogP contribution in [0, 0.1) is 5.82 Å². The molecule has 2 aromatic rings. The van der Waals surface area contributed by atoms with Gasteiger partial charge in [0, 0.05) is 5.02 Å². The summed E-state index contributed by atoms with van der Waals surface area (Å²) in [6.45, 7) is 0. The fourth-order valence-electron chi connectivity index (χ4n) is 2.73. The molecule has 1 aliphatic carbocycles. The SMILES string of the molecule is O=C(N[C@@H]1CCc2c(F)cc(Cl)cc21)c1cccc(Cl)c1O. The van der Waals surface area contributed by atoms with E-state index in [0.717, 1.165) is 0 Å². The lowest BCUT2D eigenvalue weighted by Gasteiger charge is -2.15. The normalized spacial score (nSPS) is 16.4. The van der Waals surface area contributed by atoms with Gasteiger partial charge in [0.2, 0.25) is 0 Å². The van der Waals surface area contributed by atoms with Gasteiger partial charge < -0.3 is 10.4 Å². The Hall–Kier alpha value is -1.78. The van der Waals surface area contributed by atoms with Crippen molar-refractivity contribution in [3.05, 3.63) is 62.9 Å². The van der Waals surface area contributed by atoms with Crippen LogP contribution in [-0.2, 0) is 6.42 Å². The maximum Gasteiger partial charge on any atom is 0.255 e. The van der Waals surface area contributed by atoms with Crippen LogP contribution in [0.25, 0.3) is 0 Å². The van der Waals surface area contributed by atoms with Crippen LogP contribution >= 0.6 is 23.2 Å². The summed E-state index contributed by atoms with van der Waals surface area (Å²) in [7, 11) is 0. The summed E-state index contributed by atoms with van der Waals surface area (Å²) in [5, 5.41) is 13.0. The quantitative estimate of drug-likeness (QED) is 0.858. The first-order chi connectivity index (χ1) is 10.5. The number of fused-ring (bicyclic) bond motifs is 1. The van der Waals surface area contributed by atoms with Crippen molar-refractivity contribution >= 4 is 29.1 Å². The number of phenolic OH excluding ortho intramolecular Hbond substituents is 1. The van der Waals surface area contributed by atoms with E-state index in [1.807, 2.05) is 0 Å². The zero-order valence-corrected chi connectivity index (χ0v) is 12.9. The van der Waals surface area contributed by atoms with E-state index in [1.165, 1.54) is 18.2 Å². The Kier molecular flexibility index (Phi) is 3.98. The van der Waals surface area contributed by atoms with Crippen molar-refractivity contribution in [3.63, 3.8) is 0 Å². The number of carbonyl (C=O) groups excluding carboxylic acids is 1. The molecule has 1 amide bonds. The summed E-state index contributed by atoms with van der Waals surface area (Å²) >= 11 is 11.7. The minimum Gasteiger partial charge on any atom is -0.506 e. The maximum atomic E-state index is 13.8. The third kappa shape index (κ3) is 2.64. The molecule has 1 aliphatic rings. The first-order valence-electron chi connectivity index (χ1n) is 6.73. The molecule has 0 unspecified atom stereocenters. The van der Waals surface area contributed by atoms with Crippen molar-refractivity contribution in [2.24, 2.45) is 0 Å². The largest absolute Gasteiger partial charge is 0.506 e. The smallest absolute Gasteiger partial charge is 0.255 e. The van der Waals surface area contributed by atoms with E-state index in [9.17, 15) is 14.3 Å². The molecule has 0 saturated heterocycles. The number of hydrogen-bond donors (Lipinski definition) is 2. The Labute approximate surface area is 136 Å². The monoisotopic (exact) mass is 339 g/mol. The molecule has 6 heteroatoms. The average Bonchev–Trinajstić information content (AvgIpc) is 2.85. The van der Waals surface area contributed by atoms with Crippen molar-refractivity contribution in [2.75, 3.05) is 0 Å². The van der Waals surface area contributed by atoms with Gasteiger partial charge >= 0.3 is 0 Å². The highest BCUT2D eigenvalue weighted by Gasteiger charge is 2.28. The zero-order valence-electron chi connectivity index (χ0n) is 11.4. The summed E-state index contributed by atoms with van der Waals surface area (Å²) in [6.07, 6.45) is 1.12. The number of nitrogens with one attached hydrogen (secondary N) is 1. The van der Waals surface area contributed by atoms with Crippen LogP contribution in [0.2, 0.25) is 10.0 Å². The lowest BCUT2D eigenvalue weighted by atomic mass is 10.1. The molecular weight excluding hydrogens is 328 g/mol. The number of aromatic hydroxyl groups is 1. The fraction of sp³-hybridized carbons (Fsp3) is 0.188. The summed E-state index contributed by atoms with van der Waals surface area (Å²) in [6, 6.07) is 7.15. The van der Waals surface area contributed by atoms with Gasteiger partial charge in [-0.05, 0) is 48.2 Å². The molecule has 114 valence electrons. The third-order valence-corrected chi connectivity index (χ3v) is 4.31. The van der Waals surface area contributed by atoms with Crippen molar-refractivity contribution in [1.82, 2.24) is 5.32 Å². The fourth-order valence-corrected chi connectivity index (χ4v) is 3.11. The van der Waals surface area contributed by atoms with E-state index in [2.05, 4.69) is 5.32 Å². The van der Waals surface area contributed by atoms with Gasteiger partial charge in [0.25, 0.3) is 5.91 Å². The van der Waals surface area contributed by atoms with E-state index in [-0.39, 0.29) is 28.2 Å². The van der Waals surface area contributed by atoms with Crippen LogP contribution in [0.3, 0.4) is 0 Å². The third-order valence-electron chi connectivity index (χ3n) is 3.79. The van der Waals surface area contributed by atoms with E-state index in [4.69, 9.17) is 23.2 Å². The lowest BCUT2D eigenvalue weighted by Crippen LogP contribution is -2.27. The summed E-state index contributed by atoms with van der Waals surface area (Å²) < 4.78 is 13.8. The van der Waals surface area contributed by atoms with Gasteiger partial charge in [0.05, 0.1) is 16.6 Å². The highest BCUT2D eigenvalue weighted by molar-refractivity contribution is 6.32. The molecule has 0 heterocycles. The van der Waals surface area contributed by atoms with Crippen LogP contribution < -0.4 is 5.32 Å². The molecule has 1 atom stereocenters. The summed E-state index contributed by atoms with van der Waals surface area (Å²) in [5.41, 5.74) is 1.34. The van der Waals surface area contributed by atoms with Crippen LogP contribution in [0.1, 0.15) is 33.9 Å². The van der Waals surface area contributed by atoms with Crippen molar-refractivity contribution in [2.45, 2.75) is 18.9 Å². The molecule has 3 nitrogen and oxygen atoms in total. The number of carbonyl (C=O) groups is 1. The molecule has 0 aromatic heterocycles. The molecule has 3 rings (SSSR count).